The molecular weight excluding hydrogens is 378 g/mol. The molecule has 2 heterocycles. The van der Waals surface area contributed by atoms with E-state index in [4.69, 9.17) is 26.3 Å². The molecule has 8 nitrogen and oxygen atoms in total. The molecule has 28 heavy (non-hydrogen) atoms. The van der Waals surface area contributed by atoms with Crippen LogP contribution in [0.25, 0.3) is 11.0 Å². The number of aryl methyl sites for hydroxylation is 1. The first-order valence-electron chi connectivity index (χ1n) is 8.96. The van der Waals surface area contributed by atoms with Crippen LogP contribution in [0.3, 0.4) is 0 Å². The summed E-state index contributed by atoms with van der Waals surface area (Å²) in [6, 6.07) is 9.78. The van der Waals surface area contributed by atoms with Crippen molar-refractivity contribution in [3.05, 3.63) is 35.9 Å². The fraction of sp³-hybridized carbons (Fsp3) is 0.316. The van der Waals surface area contributed by atoms with E-state index in [-0.39, 0.29) is 0 Å². The molecule has 2 N–H and O–H groups in total. The summed E-state index contributed by atoms with van der Waals surface area (Å²) in [4.78, 5) is 2.22. The predicted molar refractivity (Wildman–Crippen MR) is 112 cm³/mol. The number of hydrogen-bond acceptors (Lipinski definition) is 7. The van der Waals surface area contributed by atoms with Crippen molar-refractivity contribution in [1.29, 1.82) is 0 Å². The number of aromatic nitrogens is 2. The summed E-state index contributed by atoms with van der Waals surface area (Å²) >= 11 is 5.48. The minimum Gasteiger partial charge on any atom is -0.495 e. The van der Waals surface area contributed by atoms with Gasteiger partial charge in [-0.2, -0.15) is 0 Å². The molecule has 1 saturated heterocycles. The molecule has 1 aromatic heterocycles. The number of nitrogens with zero attached hydrogens (tertiary/aromatic N) is 3. The Bertz CT molecular complexity index is 1000. The average molecular weight is 399 g/mol. The summed E-state index contributed by atoms with van der Waals surface area (Å²) in [7, 11) is 1.63. The molecule has 0 atom stereocenters. The molecule has 0 spiro atoms. The average Bonchev–Trinajstić information content (AvgIpc) is 3.19. The van der Waals surface area contributed by atoms with E-state index >= 15 is 0 Å². The van der Waals surface area contributed by atoms with Crippen molar-refractivity contribution in [3.8, 4) is 5.75 Å². The molecule has 1 fully saturated rings. The Kier molecular flexibility index (Phi) is 5.27. The monoisotopic (exact) mass is 399 g/mol. The van der Waals surface area contributed by atoms with E-state index in [2.05, 4.69) is 25.8 Å². The third kappa shape index (κ3) is 3.71. The normalized spacial score (nSPS) is 14.1. The lowest BCUT2D eigenvalue weighted by atomic mass is 10.2. The van der Waals surface area contributed by atoms with Crippen LogP contribution in [-0.2, 0) is 4.74 Å². The largest absolute Gasteiger partial charge is 0.495 e. The third-order valence-electron chi connectivity index (χ3n) is 4.60. The Hall–Kier alpha value is -2.91. The van der Waals surface area contributed by atoms with Crippen LogP contribution >= 0.6 is 12.2 Å². The summed E-state index contributed by atoms with van der Waals surface area (Å²) < 4.78 is 15.8. The van der Waals surface area contributed by atoms with E-state index in [1.165, 1.54) is 0 Å². The number of ether oxygens (including phenoxy) is 2. The van der Waals surface area contributed by atoms with E-state index in [0.29, 0.717) is 35.1 Å². The molecule has 1 aliphatic heterocycles. The molecule has 0 unspecified atom stereocenters. The maximum atomic E-state index is 5.48. The fourth-order valence-electron chi connectivity index (χ4n) is 3.21. The molecule has 9 heteroatoms. The Morgan fingerprint density at radius 3 is 2.61 bits per heavy atom. The van der Waals surface area contributed by atoms with Crippen molar-refractivity contribution in [2.24, 2.45) is 0 Å². The molecule has 4 rings (SSSR count). The zero-order valence-electron chi connectivity index (χ0n) is 15.7. The molecule has 0 amide bonds. The lowest BCUT2D eigenvalue weighted by Gasteiger charge is -2.28. The zero-order chi connectivity index (χ0) is 19.5. The molecule has 0 aliphatic carbocycles. The second kappa shape index (κ2) is 7.99. The lowest BCUT2D eigenvalue weighted by molar-refractivity contribution is 0.123. The number of methoxy groups -OCH3 is 1. The van der Waals surface area contributed by atoms with Crippen molar-refractivity contribution in [2.45, 2.75) is 6.92 Å². The van der Waals surface area contributed by atoms with Crippen molar-refractivity contribution in [3.63, 3.8) is 0 Å². The zero-order valence-corrected chi connectivity index (χ0v) is 16.5. The van der Waals surface area contributed by atoms with Crippen LogP contribution in [0.1, 0.15) is 5.56 Å². The van der Waals surface area contributed by atoms with Gasteiger partial charge in [-0.05, 0) is 59.3 Å². The van der Waals surface area contributed by atoms with Gasteiger partial charge in [-0.15, -0.1) is 0 Å². The maximum Gasteiger partial charge on any atom is 0.175 e. The van der Waals surface area contributed by atoms with Gasteiger partial charge in [0, 0.05) is 13.1 Å². The number of benzene rings is 2. The van der Waals surface area contributed by atoms with Gasteiger partial charge in [0.05, 0.1) is 37.4 Å². The van der Waals surface area contributed by atoms with Crippen LogP contribution in [0.5, 0.6) is 5.75 Å². The van der Waals surface area contributed by atoms with Gasteiger partial charge in [0.25, 0.3) is 0 Å². The Balaban J connectivity index is 1.56. The summed E-state index contributed by atoms with van der Waals surface area (Å²) in [6.45, 7) is 5.01. The Morgan fingerprint density at radius 1 is 1.07 bits per heavy atom. The molecular formula is C19H21N5O3S. The molecule has 1 aliphatic rings. The van der Waals surface area contributed by atoms with E-state index in [1.807, 2.05) is 37.3 Å². The summed E-state index contributed by atoms with van der Waals surface area (Å²) in [5.41, 5.74) is 4.91. The van der Waals surface area contributed by atoms with Crippen LogP contribution in [0.15, 0.2) is 35.0 Å². The van der Waals surface area contributed by atoms with Gasteiger partial charge in [-0.1, -0.05) is 6.07 Å². The molecule has 146 valence electrons. The van der Waals surface area contributed by atoms with Crippen molar-refractivity contribution >= 4 is 45.4 Å². The van der Waals surface area contributed by atoms with E-state index in [1.54, 1.807) is 7.11 Å². The summed E-state index contributed by atoms with van der Waals surface area (Å²) in [5, 5.41) is 14.9. The molecule has 3 aromatic rings. The van der Waals surface area contributed by atoms with Gasteiger partial charge in [0.1, 0.15) is 5.75 Å². The number of thiocarbonyl (C=S) groups is 1. The summed E-state index contributed by atoms with van der Waals surface area (Å²) in [6.07, 6.45) is 0. The van der Waals surface area contributed by atoms with Gasteiger partial charge in [-0.25, -0.2) is 4.63 Å². The van der Waals surface area contributed by atoms with Crippen molar-refractivity contribution in [2.75, 3.05) is 48.9 Å². The highest BCUT2D eigenvalue weighted by atomic mass is 32.1. The summed E-state index contributed by atoms with van der Waals surface area (Å²) in [5.74, 6) is 0.714. The van der Waals surface area contributed by atoms with Gasteiger partial charge in [0.2, 0.25) is 0 Å². The fourth-order valence-corrected chi connectivity index (χ4v) is 3.43. The van der Waals surface area contributed by atoms with Crippen LogP contribution in [0.2, 0.25) is 0 Å². The van der Waals surface area contributed by atoms with Crippen LogP contribution in [0.4, 0.5) is 17.1 Å². The maximum absolute atomic E-state index is 5.48. The SMILES string of the molecule is COc1ccc(C)cc1NC(=S)Nc1ccc(N2CCOCC2)c2nonc12. The van der Waals surface area contributed by atoms with Crippen LogP contribution in [0, 0.1) is 6.92 Å². The first-order valence-corrected chi connectivity index (χ1v) is 9.37. The molecule has 2 aromatic carbocycles. The van der Waals surface area contributed by atoms with Crippen molar-refractivity contribution in [1.82, 2.24) is 10.3 Å². The molecule has 0 bridgehead atoms. The number of hydrogen-bond donors (Lipinski definition) is 2. The topological polar surface area (TPSA) is 84.7 Å². The van der Waals surface area contributed by atoms with E-state index in [0.717, 1.165) is 35.7 Å². The number of nitrogens with one attached hydrogen (secondary N) is 2. The Morgan fingerprint density at radius 2 is 1.82 bits per heavy atom. The number of morpholine rings is 1. The van der Waals surface area contributed by atoms with Gasteiger partial charge in [-0.3, -0.25) is 0 Å². The minimum absolute atomic E-state index is 0.423. The predicted octanol–water partition coefficient (Wildman–Crippen LogP) is 3.19. The molecule has 0 saturated carbocycles. The number of rotatable bonds is 4. The van der Waals surface area contributed by atoms with Gasteiger partial charge < -0.3 is 25.0 Å². The van der Waals surface area contributed by atoms with Crippen LogP contribution in [-0.4, -0.2) is 48.8 Å². The number of fused-ring (bicyclic) bond motifs is 1. The van der Waals surface area contributed by atoms with E-state index in [9.17, 15) is 0 Å². The first-order chi connectivity index (χ1) is 13.7. The van der Waals surface area contributed by atoms with Crippen molar-refractivity contribution < 1.29 is 14.1 Å². The Labute approximate surface area is 167 Å². The quantitative estimate of drug-likeness (QED) is 0.643. The van der Waals surface area contributed by atoms with Gasteiger partial charge in [0.15, 0.2) is 16.1 Å². The highest BCUT2D eigenvalue weighted by Gasteiger charge is 2.19. The first kappa shape index (κ1) is 18.5. The second-order valence-corrected chi connectivity index (χ2v) is 6.88. The minimum atomic E-state index is 0.423. The number of anilines is 3. The highest BCUT2D eigenvalue weighted by Crippen LogP contribution is 2.31. The smallest absolute Gasteiger partial charge is 0.175 e. The molecule has 0 radical (unpaired) electrons. The highest BCUT2D eigenvalue weighted by molar-refractivity contribution is 7.80. The van der Waals surface area contributed by atoms with E-state index < -0.39 is 0 Å². The van der Waals surface area contributed by atoms with Crippen LogP contribution < -0.4 is 20.3 Å². The second-order valence-electron chi connectivity index (χ2n) is 6.48. The lowest BCUT2D eigenvalue weighted by Crippen LogP contribution is -2.36. The third-order valence-corrected chi connectivity index (χ3v) is 4.80. The standard InChI is InChI=1S/C19H21N5O3S/c1-12-3-6-16(25-2)14(11-12)21-19(28)20-13-4-5-15(18-17(13)22-27-23-18)24-7-9-26-10-8-24/h3-6,11H,7-10H2,1-2H3,(H2,20,21,28). The van der Waals surface area contributed by atoms with Gasteiger partial charge >= 0.3 is 0 Å².